The molecular weight excluding hydrogens is 268 g/mol. The zero-order valence-electron chi connectivity index (χ0n) is 13.6. The average molecular weight is 292 g/mol. The summed E-state index contributed by atoms with van der Waals surface area (Å²) >= 11 is 0. The smallest absolute Gasteiger partial charge is 0.0497 e. The van der Waals surface area contributed by atoms with Crippen molar-refractivity contribution in [3.63, 3.8) is 0 Å². The molecule has 1 fully saturated rings. The molecule has 1 aliphatic rings. The Morgan fingerprint density at radius 3 is 2.55 bits per heavy atom. The van der Waals surface area contributed by atoms with E-state index in [1.807, 2.05) is 0 Å². The van der Waals surface area contributed by atoms with Crippen molar-refractivity contribution < 1.29 is 0 Å². The van der Waals surface area contributed by atoms with E-state index in [2.05, 4.69) is 54.1 Å². The lowest BCUT2D eigenvalue weighted by Gasteiger charge is -2.15. The third kappa shape index (κ3) is 2.22. The molecule has 0 radical (unpaired) electrons. The SMILES string of the molecule is Cc1ccc(C)c2c1[nH]c1cccc(CCN3CCCC3)c12. The second-order valence-electron chi connectivity index (χ2n) is 6.71. The third-order valence-corrected chi connectivity index (χ3v) is 5.18. The van der Waals surface area contributed by atoms with E-state index in [1.54, 1.807) is 0 Å². The number of benzene rings is 2. The number of aromatic amines is 1. The summed E-state index contributed by atoms with van der Waals surface area (Å²) in [6.45, 7) is 8.17. The van der Waals surface area contributed by atoms with Crippen molar-refractivity contribution in [2.45, 2.75) is 33.1 Å². The van der Waals surface area contributed by atoms with Crippen LogP contribution in [0.4, 0.5) is 0 Å². The molecule has 0 amide bonds. The normalized spacial score (nSPS) is 16.1. The van der Waals surface area contributed by atoms with Gasteiger partial charge in [0.15, 0.2) is 0 Å². The molecule has 0 spiro atoms. The van der Waals surface area contributed by atoms with Crippen LogP contribution in [0.15, 0.2) is 30.3 Å². The molecule has 1 saturated heterocycles. The molecule has 0 saturated carbocycles. The van der Waals surface area contributed by atoms with Crippen molar-refractivity contribution in [2.24, 2.45) is 0 Å². The van der Waals surface area contributed by atoms with E-state index in [4.69, 9.17) is 0 Å². The molecule has 1 aliphatic heterocycles. The zero-order chi connectivity index (χ0) is 15.1. The number of likely N-dealkylation sites (tertiary alicyclic amines) is 1. The number of hydrogen-bond donors (Lipinski definition) is 1. The Labute approximate surface area is 132 Å². The fourth-order valence-corrected chi connectivity index (χ4v) is 3.92. The van der Waals surface area contributed by atoms with Gasteiger partial charge in [0.25, 0.3) is 0 Å². The van der Waals surface area contributed by atoms with E-state index in [1.165, 1.54) is 71.0 Å². The minimum absolute atomic E-state index is 1.15. The Morgan fingerprint density at radius 2 is 1.73 bits per heavy atom. The maximum atomic E-state index is 3.64. The molecule has 2 nitrogen and oxygen atoms in total. The van der Waals surface area contributed by atoms with Gasteiger partial charge in [-0.25, -0.2) is 0 Å². The highest BCUT2D eigenvalue weighted by Gasteiger charge is 2.15. The molecule has 22 heavy (non-hydrogen) atoms. The number of aromatic nitrogens is 1. The predicted molar refractivity (Wildman–Crippen MR) is 94.7 cm³/mol. The van der Waals surface area contributed by atoms with E-state index in [9.17, 15) is 0 Å². The Kier molecular flexibility index (Phi) is 3.42. The number of rotatable bonds is 3. The number of H-pyrrole nitrogens is 1. The second-order valence-corrected chi connectivity index (χ2v) is 6.71. The molecular formula is C20H24N2. The lowest BCUT2D eigenvalue weighted by Crippen LogP contribution is -2.21. The minimum atomic E-state index is 1.15. The molecule has 1 aromatic heterocycles. The van der Waals surface area contributed by atoms with Crippen molar-refractivity contribution in [1.82, 2.24) is 9.88 Å². The fraction of sp³-hybridized carbons (Fsp3) is 0.400. The number of nitrogens with zero attached hydrogens (tertiary/aromatic N) is 1. The van der Waals surface area contributed by atoms with Crippen molar-refractivity contribution in [1.29, 1.82) is 0 Å². The number of fused-ring (bicyclic) bond motifs is 3. The number of nitrogens with one attached hydrogen (secondary N) is 1. The second kappa shape index (κ2) is 5.44. The van der Waals surface area contributed by atoms with Crippen LogP contribution in [0.5, 0.6) is 0 Å². The van der Waals surface area contributed by atoms with E-state index in [-0.39, 0.29) is 0 Å². The highest BCUT2D eigenvalue weighted by Crippen LogP contribution is 2.33. The van der Waals surface area contributed by atoms with Gasteiger partial charge in [-0.15, -0.1) is 0 Å². The summed E-state index contributed by atoms with van der Waals surface area (Å²) in [5.41, 5.74) is 6.79. The van der Waals surface area contributed by atoms with Crippen LogP contribution >= 0.6 is 0 Å². The van der Waals surface area contributed by atoms with Gasteiger partial charge in [-0.05, 0) is 69.0 Å². The first kappa shape index (κ1) is 13.8. The van der Waals surface area contributed by atoms with Gasteiger partial charge in [-0.2, -0.15) is 0 Å². The summed E-state index contributed by atoms with van der Waals surface area (Å²) in [4.78, 5) is 6.24. The first-order chi connectivity index (χ1) is 10.7. The quantitative estimate of drug-likeness (QED) is 0.749. The lowest BCUT2D eigenvalue weighted by atomic mass is 9.99. The third-order valence-electron chi connectivity index (χ3n) is 5.18. The number of hydrogen-bond acceptors (Lipinski definition) is 1. The summed E-state index contributed by atoms with van der Waals surface area (Å²) in [6, 6.07) is 11.2. The standard InChI is InChI=1S/C20H24N2/c1-14-8-9-15(2)20-18(14)19-16(6-5-7-17(19)21-20)10-13-22-11-3-4-12-22/h5-9,21H,3-4,10-13H2,1-2H3. The average Bonchev–Trinajstić information content (AvgIpc) is 3.16. The monoisotopic (exact) mass is 292 g/mol. The van der Waals surface area contributed by atoms with Gasteiger partial charge < -0.3 is 9.88 Å². The van der Waals surface area contributed by atoms with Crippen LogP contribution < -0.4 is 0 Å². The van der Waals surface area contributed by atoms with E-state index >= 15 is 0 Å². The molecule has 3 aromatic rings. The zero-order valence-corrected chi connectivity index (χ0v) is 13.6. The minimum Gasteiger partial charge on any atom is -0.354 e. The summed E-state index contributed by atoms with van der Waals surface area (Å²) in [6.07, 6.45) is 3.89. The van der Waals surface area contributed by atoms with Crippen molar-refractivity contribution in [3.8, 4) is 0 Å². The van der Waals surface area contributed by atoms with Gasteiger partial charge >= 0.3 is 0 Å². The van der Waals surface area contributed by atoms with Crippen molar-refractivity contribution in [2.75, 3.05) is 19.6 Å². The van der Waals surface area contributed by atoms with Gasteiger partial charge in [0.05, 0.1) is 0 Å². The van der Waals surface area contributed by atoms with E-state index < -0.39 is 0 Å². The van der Waals surface area contributed by atoms with Gasteiger partial charge in [-0.1, -0.05) is 24.3 Å². The van der Waals surface area contributed by atoms with Crippen LogP contribution in [0.3, 0.4) is 0 Å². The van der Waals surface area contributed by atoms with Crippen LogP contribution in [0.2, 0.25) is 0 Å². The molecule has 0 unspecified atom stereocenters. The molecule has 114 valence electrons. The predicted octanol–water partition coefficient (Wildman–Crippen LogP) is 4.58. The first-order valence-corrected chi connectivity index (χ1v) is 8.46. The van der Waals surface area contributed by atoms with Crippen LogP contribution in [0.1, 0.15) is 29.5 Å². The van der Waals surface area contributed by atoms with Crippen molar-refractivity contribution >= 4 is 21.8 Å². The van der Waals surface area contributed by atoms with Gasteiger partial charge in [0.1, 0.15) is 0 Å². The Bertz CT molecular complexity index is 822. The molecule has 2 aromatic carbocycles. The highest BCUT2D eigenvalue weighted by atomic mass is 15.1. The maximum Gasteiger partial charge on any atom is 0.0497 e. The van der Waals surface area contributed by atoms with E-state index in [0.29, 0.717) is 0 Å². The fourth-order valence-electron chi connectivity index (χ4n) is 3.92. The van der Waals surface area contributed by atoms with Crippen LogP contribution in [0, 0.1) is 13.8 Å². The molecule has 1 N–H and O–H groups in total. The molecule has 0 atom stereocenters. The Balaban J connectivity index is 1.82. The van der Waals surface area contributed by atoms with Gasteiger partial charge in [-0.3, -0.25) is 0 Å². The van der Waals surface area contributed by atoms with Crippen LogP contribution in [-0.4, -0.2) is 29.5 Å². The van der Waals surface area contributed by atoms with Crippen LogP contribution in [0.25, 0.3) is 21.8 Å². The Hall–Kier alpha value is -1.80. The van der Waals surface area contributed by atoms with Crippen molar-refractivity contribution in [3.05, 3.63) is 47.0 Å². The molecule has 2 heteroatoms. The number of aryl methyl sites for hydroxylation is 2. The molecule has 0 aliphatic carbocycles. The summed E-state index contributed by atoms with van der Waals surface area (Å²) < 4.78 is 0. The van der Waals surface area contributed by atoms with Gasteiger partial charge in [0, 0.05) is 28.4 Å². The molecule has 0 bridgehead atoms. The topological polar surface area (TPSA) is 19.0 Å². The van der Waals surface area contributed by atoms with Gasteiger partial charge in [0.2, 0.25) is 0 Å². The maximum absolute atomic E-state index is 3.64. The summed E-state index contributed by atoms with van der Waals surface area (Å²) in [5, 5.41) is 2.87. The van der Waals surface area contributed by atoms with E-state index in [0.717, 1.165) is 6.42 Å². The summed E-state index contributed by atoms with van der Waals surface area (Å²) in [7, 11) is 0. The summed E-state index contributed by atoms with van der Waals surface area (Å²) in [5.74, 6) is 0. The lowest BCUT2D eigenvalue weighted by molar-refractivity contribution is 0.344. The Morgan fingerprint density at radius 1 is 0.955 bits per heavy atom. The first-order valence-electron chi connectivity index (χ1n) is 8.46. The molecule has 4 rings (SSSR count). The van der Waals surface area contributed by atoms with Crippen LogP contribution in [-0.2, 0) is 6.42 Å². The largest absolute Gasteiger partial charge is 0.354 e. The molecule has 2 heterocycles. The highest BCUT2D eigenvalue weighted by molar-refractivity contribution is 6.11.